The van der Waals surface area contributed by atoms with Crippen LogP contribution in [0.1, 0.15) is 20.8 Å². The molecule has 0 aliphatic heterocycles. The largest absolute Gasteiger partial charge is 0.394 e. The quantitative estimate of drug-likeness (QED) is 0.415. The standard InChI is InChI=1S/C25H26N8O/c1-25(2,3)33-21-9-8-16(17-13-27-24(26)28-14-17)12-20(21)30-23(33)19-7-5-4-6-18(19)22-29-15-32(31-22)10-11-34/h4-9,12-15,34H,10-11H2,1-3H3,(H2,26,27,28). The van der Waals surface area contributed by atoms with Gasteiger partial charge in [-0.05, 0) is 38.5 Å². The van der Waals surface area contributed by atoms with Gasteiger partial charge in [0.15, 0.2) is 5.82 Å². The molecule has 172 valence electrons. The van der Waals surface area contributed by atoms with Crippen molar-refractivity contribution in [3.05, 3.63) is 61.2 Å². The first-order valence-electron chi connectivity index (χ1n) is 11.1. The normalized spacial score (nSPS) is 11.9. The van der Waals surface area contributed by atoms with Crippen LogP contribution in [0.4, 0.5) is 5.95 Å². The lowest BCUT2D eigenvalue weighted by molar-refractivity contribution is 0.269. The fourth-order valence-corrected chi connectivity index (χ4v) is 4.11. The SMILES string of the molecule is CC(C)(C)n1c(-c2ccccc2-c2ncn(CCO)n2)nc2cc(-c3cnc(N)nc3)ccc21. The second-order valence-corrected chi connectivity index (χ2v) is 9.08. The summed E-state index contributed by atoms with van der Waals surface area (Å²) in [6.07, 6.45) is 5.07. The van der Waals surface area contributed by atoms with E-state index in [0.717, 1.165) is 39.1 Å². The van der Waals surface area contributed by atoms with Crippen molar-refractivity contribution in [1.29, 1.82) is 0 Å². The van der Waals surface area contributed by atoms with Crippen LogP contribution in [-0.2, 0) is 12.1 Å². The zero-order valence-electron chi connectivity index (χ0n) is 19.3. The average Bonchev–Trinajstić information content (AvgIpc) is 3.44. The van der Waals surface area contributed by atoms with E-state index in [2.05, 4.69) is 57.5 Å². The van der Waals surface area contributed by atoms with Gasteiger partial charge >= 0.3 is 0 Å². The zero-order chi connectivity index (χ0) is 23.9. The molecule has 0 spiro atoms. The van der Waals surface area contributed by atoms with Gasteiger partial charge in [0.1, 0.15) is 12.2 Å². The van der Waals surface area contributed by atoms with E-state index in [-0.39, 0.29) is 18.1 Å². The molecule has 3 heterocycles. The molecular formula is C25H26N8O. The Balaban J connectivity index is 1.70. The van der Waals surface area contributed by atoms with Crippen LogP contribution in [0.5, 0.6) is 0 Å². The Morgan fingerprint density at radius 1 is 0.941 bits per heavy atom. The van der Waals surface area contributed by atoms with Crippen LogP contribution in [0.15, 0.2) is 61.2 Å². The molecule has 3 aromatic heterocycles. The van der Waals surface area contributed by atoms with Crippen molar-refractivity contribution in [1.82, 2.24) is 34.3 Å². The molecule has 0 aliphatic rings. The fraction of sp³-hybridized carbons (Fsp3) is 0.240. The lowest BCUT2D eigenvalue weighted by Crippen LogP contribution is -2.22. The number of aromatic nitrogens is 7. The van der Waals surface area contributed by atoms with Gasteiger partial charge in [0, 0.05) is 34.6 Å². The number of imidazole rings is 1. The summed E-state index contributed by atoms with van der Waals surface area (Å²) in [5.74, 6) is 1.68. The molecule has 9 nitrogen and oxygen atoms in total. The van der Waals surface area contributed by atoms with E-state index < -0.39 is 0 Å². The zero-order valence-corrected chi connectivity index (χ0v) is 19.3. The Hall–Kier alpha value is -4.11. The summed E-state index contributed by atoms with van der Waals surface area (Å²) in [4.78, 5) is 17.8. The summed E-state index contributed by atoms with van der Waals surface area (Å²) in [5, 5.41) is 13.8. The molecule has 0 fully saturated rings. The van der Waals surface area contributed by atoms with Crippen molar-refractivity contribution in [2.45, 2.75) is 32.9 Å². The molecule has 0 saturated carbocycles. The second-order valence-electron chi connectivity index (χ2n) is 9.08. The Bertz CT molecular complexity index is 1460. The molecule has 2 aromatic carbocycles. The van der Waals surface area contributed by atoms with E-state index in [1.54, 1.807) is 23.4 Å². The van der Waals surface area contributed by atoms with Crippen LogP contribution in [0.25, 0.3) is 44.9 Å². The number of nitrogens with zero attached hydrogens (tertiary/aromatic N) is 7. The van der Waals surface area contributed by atoms with E-state index in [0.29, 0.717) is 12.4 Å². The lowest BCUT2D eigenvalue weighted by atomic mass is 10.0. The Morgan fingerprint density at radius 3 is 2.38 bits per heavy atom. The van der Waals surface area contributed by atoms with Gasteiger partial charge in [-0.15, -0.1) is 0 Å². The summed E-state index contributed by atoms with van der Waals surface area (Å²) in [5.41, 5.74) is 11.0. The lowest BCUT2D eigenvalue weighted by Gasteiger charge is -2.25. The van der Waals surface area contributed by atoms with Crippen molar-refractivity contribution in [2.75, 3.05) is 12.3 Å². The van der Waals surface area contributed by atoms with Crippen LogP contribution >= 0.6 is 0 Å². The van der Waals surface area contributed by atoms with Crippen molar-refractivity contribution < 1.29 is 5.11 Å². The number of nitrogen functional groups attached to an aromatic ring is 1. The van der Waals surface area contributed by atoms with Gasteiger partial charge in [0.2, 0.25) is 5.95 Å². The van der Waals surface area contributed by atoms with Crippen molar-refractivity contribution in [2.24, 2.45) is 0 Å². The molecule has 0 atom stereocenters. The van der Waals surface area contributed by atoms with Gasteiger partial charge < -0.3 is 15.4 Å². The maximum Gasteiger partial charge on any atom is 0.219 e. The van der Waals surface area contributed by atoms with E-state index in [1.165, 1.54) is 0 Å². The first kappa shape index (κ1) is 21.7. The predicted octanol–water partition coefficient (Wildman–Crippen LogP) is 3.75. The van der Waals surface area contributed by atoms with Gasteiger partial charge in [0.05, 0.1) is 24.2 Å². The number of aliphatic hydroxyl groups is 1. The highest BCUT2D eigenvalue weighted by Crippen LogP contribution is 2.36. The van der Waals surface area contributed by atoms with E-state index >= 15 is 0 Å². The summed E-state index contributed by atoms with van der Waals surface area (Å²) in [6, 6.07) is 14.2. The fourth-order valence-electron chi connectivity index (χ4n) is 4.11. The van der Waals surface area contributed by atoms with Gasteiger partial charge in [0.25, 0.3) is 0 Å². The Labute approximate surface area is 197 Å². The second kappa shape index (κ2) is 8.35. The molecule has 5 rings (SSSR count). The topological polar surface area (TPSA) is 121 Å². The number of rotatable bonds is 5. The highest BCUT2D eigenvalue weighted by atomic mass is 16.3. The number of nitrogens with two attached hydrogens (primary N) is 1. The van der Waals surface area contributed by atoms with Crippen LogP contribution < -0.4 is 5.73 Å². The highest BCUT2D eigenvalue weighted by molar-refractivity contribution is 5.88. The third-order valence-electron chi connectivity index (χ3n) is 5.60. The van der Waals surface area contributed by atoms with Gasteiger partial charge in [-0.1, -0.05) is 30.3 Å². The summed E-state index contributed by atoms with van der Waals surface area (Å²) in [6.45, 7) is 6.89. The Kier molecular flexibility index (Phi) is 5.33. The maximum atomic E-state index is 9.24. The average molecular weight is 455 g/mol. The summed E-state index contributed by atoms with van der Waals surface area (Å²) >= 11 is 0. The maximum absolute atomic E-state index is 9.24. The third kappa shape index (κ3) is 3.90. The van der Waals surface area contributed by atoms with Crippen LogP contribution in [-0.4, -0.2) is 46.0 Å². The van der Waals surface area contributed by atoms with Gasteiger partial charge in [-0.25, -0.2) is 19.9 Å². The molecule has 0 radical (unpaired) electrons. The monoisotopic (exact) mass is 454 g/mol. The van der Waals surface area contributed by atoms with Gasteiger partial charge in [-0.2, -0.15) is 5.10 Å². The van der Waals surface area contributed by atoms with Crippen molar-refractivity contribution in [3.8, 4) is 33.9 Å². The summed E-state index contributed by atoms with van der Waals surface area (Å²) < 4.78 is 3.88. The molecule has 3 N–H and O–H groups in total. The van der Waals surface area contributed by atoms with Crippen LogP contribution in [0, 0.1) is 0 Å². The molecule has 34 heavy (non-hydrogen) atoms. The third-order valence-corrected chi connectivity index (χ3v) is 5.60. The Morgan fingerprint density at radius 2 is 1.68 bits per heavy atom. The van der Waals surface area contributed by atoms with Crippen LogP contribution in [0.3, 0.4) is 0 Å². The molecule has 0 amide bonds. The molecule has 0 unspecified atom stereocenters. The van der Waals surface area contributed by atoms with Crippen molar-refractivity contribution in [3.63, 3.8) is 0 Å². The number of aliphatic hydroxyl groups excluding tert-OH is 1. The molecule has 0 aliphatic carbocycles. The van der Waals surface area contributed by atoms with E-state index in [4.69, 9.17) is 10.7 Å². The first-order valence-corrected chi connectivity index (χ1v) is 11.1. The van der Waals surface area contributed by atoms with Crippen LogP contribution in [0.2, 0.25) is 0 Å². The number of fused-ring (bicyclic) bond motifs is 1. The first-order chi connectivity index (χ1) is 16.3. The predicted molar refractivity (Wildman–Crippen MR) is 132 cm³/mol. The number of hydrogen-bond donors (Lipinski definition) is 2. The molecule has 5 aromatic rings. The van der Waals surface area contributed by atoms with E-state index in [9.17, 15) is 5.11 Å². The van der Waals surface area contributed by atoms with E-state index in [1.807, 2.05) is 30.3 Å². The minimum absolute atomic E-state index is 0.00560. The van der Waals surface area contributed by atoms with Crippen molar-refractivity contribution >= 4 is 17.0 Å². The highest BCUT2D eigenvalue weighted by Gasteiger charge is 2.25. The van der Waals surface area contributed by atoms with Gasteiger partial charge in [-0.3, -0.25) is 4.68 Å². The number of anilines is 1. The minimum atomic E-state index is -0.229. The molecule has 9 heteroatoms. The molecule has 0 bridgehead atoms. The molecule has 0 saturated heterocycles. The number of hydrogen-bond acceptors (Lipinski definition) is 7. The summed E-state index contributed by atoms with van der Waals surface area (Å²) in [7, 11) is 0. The smallest absolute Gasteiger partial charge is 0.219 e. The minimum Gasteiger partial charge on any atom is -0.394 e. The molecular weight excluding hydrogens is 428 g/mol. The number of benzene rings is 2.